The molecule has 0 unspecified atom stereocenters. The number of rotatable bonds is 4. The van der Waals surface area contributed by atoms with Gasteiger partial charge in [0, 0.05) is 23.0 Å². The van der Waals surface area contributed by atoms with Crippen molar-refractivity contribution in [3.8, 4) is 11.3 Å². The predicted molar refractivity (Wildman–Crippen MR) is 112 cm³/mol. The molecule has 0 fully saturated rings. The first-order valence-electron chi connectivity index (χ1n) is 8.49. The number of aliphatic imine (C=N–C) groups is 1. The van der Waals surface area contributed by atoms with Crippen LogP contribution in [0.25, 0.3) is 16.9 Å². The summed E-state index contributed by atoms with van der Waals surface area (Å²) in [6.45, 7) is 0. The summed E-state index contributed by atoms with van der Waals surface area (Å²) in [5, 5.41) is 0.653. The van der Waals surface area contributed by atoms with Crippen LogP contribution < -0.4 is 0 Å². The number of aromatic nitrogens is 2. The van der Waals surface area contributed by atoms with Crippen molar-refractivity contribution >= 4 is 39.0 Å². The average Bonchev–Trinajstić information content (AvgIpc) is 3.06. The number of pyridine rings is 1. The van der Waals surface area contributed by atoms with Gasteiger partial charge in [0.1, 0.15) is 5.65 Å². The SMILES string of the molecule is CS(=O)(=O)c1ccc(-c2nc3ccccn3c2C=Nc2ccc(Cl)cc2)cc1. The van der Waals surface area contributed by atoms with Crippen LogP contribution in [0, 0.1) is 0 Å². The molecular formula is C21H16ClN3O2S. The van der Waals surface area contributed by atoms with Gasteiger partial charge in [-0.3, -0.25) is 9.39 Å². The molecule has 2 aromatic heterocycles. The van der Waals surface area contributed by atoms with Gasteiger partial charge in [-0.1, -0.05) is 29.8 Å². The first-order chi connectivity index (χ1) is 13.4. The minimum absolute atomic E-state index is 0.274. The van der Waals surface area contributed by atoms with Crippen LogP contribution in [-0.2, 0) is 9.84 Å². The molecule has 4 aromatic rings. The number of fused-ring (bicyclic) bond motifs is 1. The average molecular weight is 410 g/mol. The topological polar surface area (TPSA) is 63.8 Å². The van der Waals surface area contributed by atoms with Crippen molar-refractivity contribution in [1.29, 1.82) is 0 Å². The van der Waals surface area contributed by atoms with E-state index in [0.29, 0.717) is 5.02 Å². The van der Waals surface area contributed by atoms with Crippen LogP contribution in [0.4, 0.5) is 5.69 Å². The van der Waals surface area contributed by atoms with E-state index in [1.807, 2.05) is 40.9 Å². The van der Waals surface area contributed by atoms with E-state index in [1.54, 1.807) is 42.6 Å². The van der Waals surface area contributed by atoms with Gasteiger partial charge >= 0.3 is 0 Å². The lowest BCUT2D eigenvalue weighted by atomic mass is 10.1. The maximum atomic E-state index is 11.7. The summed E-state index contributed by atoms with van der Waals surface area (Å²) in [6.07, 6.45) is 4.86. The molecule has 0 radical (unpaired) electrons. The minimum atomic E-state index is -3.25. The second-order valence-corrected chi connectivity index (χ2v) is 8.76. The molecule has 0 aliphatic heterocycles. The van der Waals surface area contributed by atoms with E-state index < -0.39 is 9.84 Å². The van der Waals surface area contributed by atoms with Gasteiger partial charge in [-0.05, 0) is 48.5 Å². The third-order valence-electron chi connectivity index (χ3n) is 4.29. The summed E-state index contributed by atoms with van der Waals surface area (Å²) in [5.41, 5.74) is 3.89. The Morgan fingerprint density at radius 1 is 1.00 bits per heavy atom. The standard InChI is InChI=1S/C21H16ClN3O2S/c1-28(26,27)18-11-5-15(6-12-18)21-19(25-13-3-2-4-20(25)24-21)14-23-17-9-7-16(22)8-10-17/h2-14H,1H3. The molecule has 28 heavy (non-hydrogen) atoms. The highest BCUT2D eigenvalue weighted by atomic mass is 35.5. The Labute approximate surface area is 167 Å². The van der Waals surface area contributed by atoms with Gasteiger partial charge in [-0.2, -0.15) is 0 Å². The number of nitrogens with zero attached hydrogens (tertiary/aromatic N) is 3. The molecule has 0 saturated heterocycles. The molecule has 0 saturated carbocycles. The van der Waals surface area contributed by atoms with Crippen molar-refractivity contribution in [2.45, 2.75) is 4.90 Å². The van der Waals surface area contributed by atoms with E-state index in [9.17, 15) is 8.42 Å². The maximum absolute atomic E-state index is 11.7. The van der Waals surface area contributed by atoms with Gasteiger partial charge in [-0.25, -0.2) is 13.4 Å². The summed E-state index contributed by atoms with van der Waals surface area (Å²) in [5.74, 6) is 0. The molecule has 5 nitrogen and oxygen atoms in total. The van der Waals surface area contributed by atoms with Crippen molar-refractivity contribution in [2.24, 2.45) is 4.99 Å². The second kappa shape index (κ2) is 7.22. The normalized spacial score (nSPS) is 12.1. The highest BCUT2D eigenvalue weighted by Crippen LogP contribution is 2.26. The molecular weight excluding hydrogens is 394 g/mol. The van der Waals surface area contributed by atoms with Gasteiger partial charge in [0.2, 0.25) is 0 Å². The zero-order valence-electron chi connectivity index (χ0n) is 14.9. The lowest BCUT2D eigenvalue weighted by Crippen LogP contribution is -1.97. The van der Waals surface area contributed by atoms with E-state index in [4.69, 9.17) is 16.6 Å². The lowest BCUT2D eigenvalue weighted by molar-refractivity contribution is 0.602. The van der Waals surface area contributed by atoms with E-state index in [2.05, 4.69) is 4.99 Å². The highest BCUT2D eigenvalue weighted by Gasteiger charge is 2.14. The summed E-state index contributed by atoms with van der Waals surface area (Å²) >= 11 is 5.93. The molecule has 0 bridgehead atoms. The molecule has 0 aliphatic carbocycles. The Morgan fingerprint density at radius 3 is 2.39 bits per heavy atom. The Bertz CT molecular complexity index is 1280. The van der Waals surface area contributed by atoms with Crippen LogP contribution in [0.2, 0.25) is 5.02 Å². The second-order valence-electron chi connectivity index (χ2n) is 6.31. The zero-order chi connectivity index (χ0) is 19.7. The molecule has 0 amide bonds. The predicted octanol–water partition coefficient (Wildman–Crippen LogP) is 4.81. The molecule has 2 heterocycles. The van der Waals surface area contributed by atoms with E-state index in [-0.39, 0.29) is 4.90 Å². The Kier molecular flexibility index (Phi) is 4.75. The van der Waals surface area contributed by atoms with Crippen LogP contribution in [0.15, 0.2) is 82.8 Å². The van der Waals surface area contributed by atoms with E-state index >= 15 is 0 Å². The lowest BCUT2D eigenvalue weighted by Gasteiger charge is -2.03. The molecule has 0 atom stereocenters. The fraction of sp³-hybridized carbons (Fsp3) is 0.0476. The van der Waals surface area contributed by atoms with Crippen molar-refractivity contribution < 1.29 is 8.42 Å². The van der Waals surface area contributed by atoms with Crippen LogP contribution >= 0.6 is 11.6 Å². The fourth-order valence-electron chi connectivity index (χ4n) is 2.87. The van der Waals surface area contributed by atoms with Gasteiger partial charge in [0.15, 0.2) is 9.84 Å². The Hall–Kier alpha value is -2.96. The van der Waals surface area contributed by atoms with Crippen LogP contribution in [0.5, 0.6) is 0 Å². The molecule has 4 rings (SSSR count). The summed E-state index contributed by atoms with van der Waals surface area (Å²) in [6, 6.07) is 19.7. The van der Waals surface area contributed by atoms with Crippen molar-refractivity contribution in [1.82, 2.24) is 9.38 Å². The van der Waals surface area contributed by atoms with Crippen LogP contribution in [0.3, 0.4) is 0 Å². The van der Waals surface area contributed by atoms with E-state index in [1.165, 1.54) is 6.26 Å². The third-order valence-corrected chi connectivity index (χ3v) is 5.67. The van der Waals surface area contributed by atoms with Crippen LogP contribution in [0.1, 0.15) is 5.69 Å². The molecule has 7 heteroatoms. The van der Waals surface area contributed by atoms with Gasteiger partial charge in [0.05, 0.1) is 28.2 Å². The summed E-state index contributed by atoms with van der Waals surface area (Å²) in [7, 11) is -3.25. The van der Waals surface area contributed by atoms with Crippen LogP contribution in [-0.4, -0.2) is 30.3 Å². The Balaban J connectivity index is 1.82. The first-order valence-corrected chi connectivity index (χ1v) is 10.8. The highest BCUT2D eigenvalue weighted by molar-refractivity contribution is 7.90. The zero-order valence-corrected chi connectivity index (χ0v) is 16.5. The number of halogens is 1. The molecule has 140 valence electrons. The van der Waals surface area contributed by atoms with Gasteiger partial charge in [-0.15, -0.1) is 0 Å². The smallest absolute Gasteiger partial charge is 0.175 e. The maximum Gasteiger partial charge on any atom is 0.175 e. The largest absolute Gasteiger partial charge is 0.298 e. The molecule has 2 aromatic carbocycles. The number of hydrogen-bond acceptors (Lipinski definition) is 4. The number of sulfone groups is 1. The number of hydrogen-bond donors (Lipinski definition) is 0. The summed E-state index contributed by atoms with van der Waals surface area (Å²) < 4.78 is 25.4. The number of benzene rings is 2. The first kappa shape index (κ1) is 18.4. The fourth-order valence-corrected chi connectivity index (χ4v) is 3.63. The van der Waals surface area contributed by atoms with Crippen molar-refractivity contribution in [2.75, 3.05) is 6.26 Å². The van der Waals surface area contributed by atoms with Crippen molar-refractivity contribution in [3.05, 3.63) is 83.6 Å². The Morgan fingerprint density at radius 2 is 1.71 bits per heavy atom. The minimum Gasteiger partial charge on any atom is -0.298 e. The monoisotopic (exact) mass is 409 g/mol. The molecule has 0 spiro atoms. The van der Waals surface area contributed by atoms with Crippen molar-refractivity contribution in [3.63, 3.8) is 0 Å². The van der Waals surface area contributed by atoms with Gasteiger partial charge < -0.3 is 0 Å². The summed E-state index contributed by atoms with van der Waals surface area (Å²) in [4.78, 5) is 9.52. The molecule has 0 aliphatic rings. The van der Waals surface area contributed by atoms with Gasteiger partial charge in [0.25, 0.3) is 0 Å². The molecule has 0 N–H and O–H groups in total. The van der Waals surface area contributed by atoms with E-state index in [0.717, 1.165) is 28.3 Å². The quantitative estimate of drug-likeness (QED) is 0.454. The third kappa shape index (κ3) is 3.69. The number of imidazole rings is 1.